The van der Waals surface area contributed by atoms with Gasteiger partial charge in [0.25, 0.3) is 0 Å². The Balaban J connectivity index is 1.81. The number of carbonyl (C=O) groups excluding carboxylic acids is 1. The van der Waals surface area contributed by atoms with Gasteiger partial charge in [-0.1, -0.05) is 66.7 Å². The van der Waals surface area contributed by atoms with E-state index >= 15 is 0 Å². The van der Waals surface area contributed by atoms with Crippen LogP contribution in [0.3, 0.4) is 0 Å². The second kappa shape index (κ2) is 5.60. The molecule has 0 saturated heterocycles. The highest BCUT2D eigenvalue weighted by atomic mass is 16.2. The fourth-order valence-corrected chi connectivity index (χ4v) is 4.18. The summed E-state index contributed by atoms with van der Waals surface area (Å²) in [4.78, 5) is 16.7. The molecule has 1 aliphatic rings. The first kappa shape index (κ1) is 15.0. The van der Waals surface area contributed by atoms with Gasteiger partial charge in [-0.15, -0.1) is 0 Å². The van der Waals surface area contributed by atoms with Crippen LogP contribution in [0, 0.1) is 0 Å². The Labute approximate surface area is 151 Å². The maximum Gasteiger partial charge on any atom is 0.240 e. The van der Waals surface area contributed by atoms with E-state index in [4.69, 9.17) is 0 Å². The molecule has 3 heteroatoms. The molecule has 1 aliphatic heterocycles. The molecule has 1 unspecified atom stereocenters. The summed E-state index contributed by atoms with van der Waals surface area (Å²) in [5, 5.41) is 4.20. The second-order valence-corrected chi connectivity index (χ2v) is 6.82. The fraction of sp³-hybridized carbons (Fsp3) is 0.0870. The number of aromatic nitrogens is 1. The van der Waals surface area contributed by atoms with Crippen molar-refractivity contribution in [3.05, 3.63) is 102 Å². The number of hydrogen-bond donors (Lipinski definition) is 2. The molecule has 0 spiro atoms. The van der Waals surface area contributed by atoms with E-state index in [1.54, 1.807) is 0 Å². The summed E-state index contributed by atoms with van der Waals surface area (Å²) in [6.07, 6.45) is 2.62. The van der Waals surface area contributed by atoms with E-state index in [1.165, 1.54) is 0 Å². The largest absolute Gasteiger partial charge is 0.361 e. The van der Waals surface area contributed by atoms with Gasteiger partial charge in [0, 0.05) is 22.8 Å². The highest BCUT2D eigenvalue weighted by molar-refractivity contribution is 6.11. The Hall–Kier alpha value is -3.33. The van der Waals surface area contributed by atoms with Crippen LogP contribution in [0.15, 0.2) is 85.1 Å². The lowest BCUT2D eigenvalue weighted by atomic mass is 9.71. The van der Waals surface area contributed by atoms with Gasteiger partial charge in [0.15, 0.2) is 0 Å². The van der Waals surface area contributed by atoms with Crippen LogP contribution in [0.2, 0.25) is 0 Å². The molecule has 1 amide bonds. The van der Waals surface area contributed by atoms with Crippen LogP contribution in [0.25, 0.3) is 10.9 Å². The molecular formula is C23H18N2O. The molecule has 26 heavy (non-hydrogen) atoms. The first-order valence-corrected chi connectivity index (χ1v) is 8.80. The number of anilines is 1. The SMILES string of the molecule is O=C1Nc2ccccc2C1(Cc1ccccc1)c1c[nH]c2ccccc12. The molecule has 3 nitrogen and oxygen atoms in total. The van der Waals surface area contributed by atoms with Crippen molar-refractivity contribution in [3.63, 3.8) is 0 Å². The number of fused-ring (bicyclic) bond motifs is 2. The molecule has 126 valence electrons. The number of hydrogen-bond acceptors (Lipinski definition) is 1. The molecular weight excluding hydrogens is 320 g/mol. The Bertz CT molecular complexity index is 1110. The highest BCUT2D eigenvalue weighted by Crippen LogP contribution is 2.47. The van der Waals surface area contributed by atoms with E-state index in [1.807, 2.05) is 60.8 Å². The molecule has 0 radical (unpaired) electrons. The third kappa shape index (κ3) is 2.04. The van der Waals surface area contributed by atoms with E-state index in [-0.39, 0.29) is 5.91 Å². The summed E-state index contributed by atoms with van der Waals surface area (Å²) in [5.41, 5.74) is 4.42. The maximum absolute atomic E-state index is 13.4. The summed E-state index contributed by atoms with van der Waals surface area (Å²) in [6, 6.07) is 26.4. The minimum absolute atomic E-state index is 0.0345. The van der Waals surface area contributed by atoms with Gasteiger partial charge in [-0.2, -0.15) is 0 Å². The highest BCUT2D eigenvalue weighted by Gasteiger charge is 2.49. The van der Waals surface area contributed by atoms with Crippen LogP contribution in [0.4, 0.5) is 5.69 Å². The number of H-pyrrole nitrogens is 1. The molecule has 0 bridgehead atoms. The van der Waals surface area contributed by atoms with Crippen LogP contribution >= 0.6 is 0 Å². The molecule has 4 aromatic rings. The number of para-hydroxylation sites is 2. The Morgan fingerprint density at radius 3 is 2.38 bits per heavy atom. The first-order chi connectivity index (χ1) is 12.8. The van der Waals surface area contributed by atoms with Gasteiger partial charge in [0.05, 0.1) is 0 Å². The molecule has 3 aromatic carbocycles. The fourth-order valence-electron chi connectivity index (χ4n) is 4.18. The summed E-state index contributed by atoms with van der Waals surface area (Å²) in [5.74, 6) is 0.0345. The molecule has 0 saturated carbocycles. The first-order valence-electron chi connectivity index (χ1n) is 8.80. The van der Waals surface area contributed by atoms with E-state index < -0.39 is 5.41 Å². The molecule has 5 rings (SSSR count). The predicted molar refractivity (Wildman–Crippen MR) is 104 cm³/mol. The lowest BCUT2D eigenvalue weighted by Crippen LogP contribution is -2.37. The zero-order chi connectivity index (χ0) is 17.6. The Morgan fingerprint density at radius 2 is 1.50 bits per heavy atom. The van der Waals surface area contributed by atoms with Crippen molar-refractivity contribution >= 4 is 22.5 Å². The average molecular weight is 338 g/mol. The van der Waals surface area contributed by atoms with Crippen molar-refractivity contribution in [1.29, 1.82) is 0 Å². The Morgan fingerprint density at radius 1 is 0.769 bits per heavy atom. The minimum Gasteiger partial charge on any atom is -0.361 e. The normalized spacial score (nSPS) is 18.7. The van der Waals surface area contributed by atoms with Crippen LogP contribution in [-0.2, 0) is 16.6 Å². The molecule has 2 heterocycles. The van der Waals surface area contributed by atoms with Crippen molar-refractivity contribution < 1.29 is 4.79 Å². The van der Waals surface area contributed by atoms with E-state index in [2.05, 4.69) is 34.6 Å². The molecule has 0 fully saturated rings. The van der Waals surface area contributed by atoms with Crippen LogP contribution in [-0.4, -0.2) is 10.9 Å². The van der Waals surface area contributed by atoms with E-state index in [0.717, 1.165) is 33.3 Å². The number of rotatable bonds is 3. The molecule has 1 atom stereocenters. The van der Waals surface area contributed by atoms with Crippen LogP contribution in [0.5, 0.6) is 0 Å². The van der Waals surface area contributed by atoms with Gasteiger partial charge < -0.3 is 10.3 Å². The lowest BCUT2D eigenvalue weighted by Gasteiger charge is -2.28. The zero-order valence-corrected chi connectivity index (χ0v) is 14.2. The van der Waals surface area contributed by atoms with Gasteiger partial charge >= 0.3 is 0 Å². The van der Waals surface area contributed by atoms with Crippen LogP contribution < -0.4 is 5.32 Å². The van der Waals surface area contributed by atoms with Gasteiger partial charge in [-0.3, -0.25) is 4.79 Å². The quantitative estimate of drug-likeness (QED) is 0.561. The summed E-state index contributed by atoms with van der Waals surface area (Å²) in [7, 11) is 0. The second-order valence-electron chi connectivity index (χ2n) is 6.82. The number of carbonyl (C=O) groups is 1. The van der Waals surface area contributed by atoms with Gasteiger partial charge in [-0.25, -0.2) is 0 Å². The van der Waals surface area contributed by atoms with Gasteiger partial charge in [-0.05, 0) is 35.2 Å². The van der Waals surface area contributed by atoms with Crippen LogP contribution in [0.1, 0.15) is 16.7 Å². The smallest absolute Gasteiger partial charge is 0.240 e. The molecule has 1 aromatic heterocycles. The van der Waals surface area contributed by atoms with Gasteiger partial charge in [0.1, 0.15) is 5.41 Å². The van der Waals surface area contributed by atoms with Crippen molar-refractivity contribution in [1.82, 2.24) is 4.98 Å². The number of aromatic amines is 1. The summed E-state index contributed by atoms with van der Waals surface area (Å²) < 4.78 is 0. The third-order valence-electron chi connectivity index (χ3n) is 5.38. The third-order valence-corrected chi connectivity index (χ3v) is 5.38. The summed E-state index contributed by atoms with van der Waals surface area (Å²) >= 11 is 0. The van der Waals surface area contributed by atoms with Crippen molar-refractivity contribution in [2.75, 3.05) is 5.32 Å². The Kier molecular flexibility index (Phi) is 3.22. The number of benzene rings is 3. The zero-order valence-electron chi connectivity index (χ0n) is 14.2. The van der Waals surface area contributed by atoms with Gasteiger partial charge in [0.2, 0.25) is 5.91 Å². The predicted octanol–water partition coefficient (Wildman–Crippen LogP) is 4.65. The molecule has 0 aliphatic carbocycles. The monoisotopic (exact) mass is 338 g/mol. The average Bonchev–Trinajstić information content (AvgIpc) is 3.23. The van der Waals surface area contributed by atoms with Crippen molar-refractivity contribution in [3.8, 4) is 0 Å². The molecule has 2 N–H and O–H groups in total. The summed E-state index contributed by atoms with van der Waals surface area (Å²) in [6.45, 7) is 0. The van der Waals surface area contributed by atoms with E-state index in [0.29, 0.717) is 6.42 Å². The van der Waals surface area contributed by atoms with Crippen molar-refractivity contribution in [2.45, 2.75) is 11.8 Å². The van der Waals surface area contributed by atoms with E-state index in [9.17, 15) is 4.79 Å². The minimum atomic E-state index is -0.739. The standard InChI is InChI=1S/C23H18N2O/c26-22-23(14-16-8-2-1-3-9-16,18-11-5-7-13-21(18)25-22)19-15-24-20-12-6-4-10-17(19)20/h1-13,15,24H,14H2,(H,25,26). The lowest BCUT2D eigenvalue weighted by molar-refractivity contribution is -0.119. The van der Waals surface area contributed by atoms with Crippen molar-refractivity contribution in [2.24, 2.45) is 0 Å². The number of nitrogens with one attached hydrogen (secondary N) is 2. The number of amides is 1. The topological polar surface area (TPSA) is 44.9 Å². The maximum atomic E-state index is 13.4.